The molecular weight excluding hydrogens is 308 g/mol. The number of rotatable bonds is 5. The molecule has 0 aromatic carbocycles. The molecule has 0 spiro atoms. The highest BCUT2D eigenvalue weighted by atomic mass is 32.2. The number of aryl methyl sites for hydroxylation is 2. The van der Waals surface area contributed by atoms with Gasteiger partial charge in [0.05, 0.1) is 5.69 Å². The van der Waals surface area contributed by atoms with Gasteiger partial charge >= 0.3 is 5.97 Å². The molecule has 8 nitrogen and oxygen atoms in total. The van der Waals surface area contributed by atoms with Crippen LogP contribution in [0.15, 0.2) is 17.2 Å². The first-order valence-corrected chi connectivity index (χ1v) is 8.16. The maximum Gasteiger partial charge on any atom is 0.322 e. The predicted octanol–water partition coefficient (Wildman–Crippen LogP) is 0.664. The van der Waals surface area contributed by atoms with Crippen LogP contribution in [0.1, 0.15) is 19.5 Å². The number of fused-ring (bicyclic) bond motifs is 1. The highest BCUT2D eigenvalue weighted by molar-refractivity contribution is 7.89. The molecule has 0 radical (unpaired) electrons. The van der Waals surface area contributed by atoms with Crippen LogP contribution in [0.4, 0.5) is 0 Å². The maximum atomic E-state index is 12.4. The normalized spacial score (nSPS) is 13.7. The van der Waals surface area contributed by atoms with Gasteiger partial charge in [-0.05, 0) is 18.9 Å². The number of aromatic nitrogens is 3. The van der Waals surface area contributed by atoms with E-state index in [9.17, 15) is 13.2 Å². The summed E-state index contributed by atoms with van der Waals surface area (Å²) >= 11 is 0. The lowest BCUT2D eigenvalue weighted by Crippen LogP contribution is -2.44. The predicted molar refractivity (Wildman–Crippen MR) is 79.8 cm³/mol. The number of nitrogens with one attached hydrogen (secondary N) is 1. The first-order valence-electron chi connectivity index (χ1n) is 6.68. The summed E-state index contributed by atoms with van der Waals surface area (Å²) in [5, 5.41) is 13.9. The van der Waals surface area contributed by atoms with Crippen molar-refractivity contribution >= 4 is 27.0 Å². The van der Waals surface area contributed by atoms with E-state index in [0.29, 0.717) is 16.7 Å². The Bertz CT molecular complexity index is 826. The van der Waals surface area contributed by atoms with Crippen LogP contribution in [0.3, 0.4) is 0 Å². The second-order valence-electron chi connectivity index (χ2n) is 5.43. The van der Waals surface area contributed by atoms with E-state index >= 15 is 0 Å². The molecule has 0 fully saturated rings. The van der Waals surface area contributed by atoms with Crippen molar-refractivity contribution in [2.24, 2.45) is 13.0 Å². The summed E-state index contributed by atoms with van der Waals surface area (Å²) in [6.45, 7) is 5.02. The van der Waals surface area contributed by atoms with Crippen LogP contribution in [0.5, 0.6) is 0 Å². The average molecular weight is 326 g/mol. The number of nitrogens with zero attached hydrogens (tertiary/aromatic N) is 3. The van der Waals surface area contributed by atoms with Gasteiger partial charge in [-0.15, -0.1) is 0 Å². The van der Waals surface area contributed by atoms with Gasteiger partial charge in [0.1, 0.15) is 10.9 Å². The smallest absolute Gasteiger partial charge is 0.322 e. The number of hydrogen-bond donors (Lipinski definition) is 2. The Labute approximate surface area is 128 Å². The summed E-state index contributed by atoms with van der Waals surface area (Å²) in [6, 6.07) is 0.252. The zero-order chi connectivity index (χ0) is 16.7. The highest BCUT2D eigenvalue weighted by Crippen LogP contribution is 2.20. The SMILES string of the molecule is Cc1nn(C)c2ncc(S(=O)(=O)N[C@@H](C(=O)O)C(C)C)cc12. The van der Waals surface area contributed by atoms with Crippen LogP contribution in [0.2, 0.25) is 0 Å². The molecule has 0 saturated heterocycles. The third-order valence-electron chi connectivity index (χ3n) is 3.36. The van der Waals surface area contributed by atoms with Crippen LogP contribution in [-0.4, -0.2) is 40.3 Å². The number of hydrogen-bond acceptors (Lipinski definition) is 5. The third-order valence-corrected chi connectivity index (χ3v) is 4.77. The third kappa shape index (κ3) is 2.95. The Kier molecular flexibility index (Phi) is 4.21. The summed E-state index contributed by atoms with van der Waals surface area (Å²) < 4.78 is 28.5. The zero-order valence-electron chi connectivity index (χ0n) is 12.7. The number of pyridine rings is 1. The van der Waals surface area contributed by atoms with E-state index in [0.717, 1.165) is 0 Å². The van der Waals surface area contributed by atoms with E-state index in [2.05, 4.69) is 14.8 Å². The number of sulfonamides is 1. The number of carbonyl (C=O) groups is 1. The lowest BCUT2D eigenvalue weighted by atomic mass is 10.1. The minimum absolute atomic E-state index is 0.0806. The van der Waals surface area contributed by atoms with Crippen molar-refractivity contribution < 1.29 is 18.3 Å². The molecule has 0 aliphatic rings. The summed E-state index contributed by atoms with van der Waals surface area (Å²) in [6.07, 6.45) is 1.20. The van der Waals surface area contributed by atoms with Gasteiger partial charge in [0.2, 0.25) is 10.0 Å². The molecule has 2 aromatic heterocycles. The van der Waals surface area contributed by atoms with Gasteiger partial charge in [0.25, 0.3) is 0 Å². The van der Waals surface area contributed by atoms with Crippen molar-refractivity contribution in [2.45, 2.75) is 31.7 Å². The van der Waals surface area contributed by atoms with Gasteiger partial charge < -0.3 is 5.11 Å². The first-order chi connectivity index (χ1) is 10.1. The van der Waals surface area contributed by atoms with Gasteiger partial charge in [-0.25, -0.2) is 13.4 Å². The standard InChI is InChI=1S/C13H18N4O4S/c1-7(2)11(13(18)19)16-22(20,21)9-5-10-8(3)15-17(4)12(10)14-6-9/h5-7,11,16H,1-4H3,(H,18,19)/t11-/m1/s1. The Morgan fingerprint density at radius 1 is 1.41 bits per heavy atom. The summed E-state index contributed by atoms with van der Waals surface area (Å²) in [5.41, 5.74) is 1.22. The molecule has 22 heavy (non-hydrogen) atoms. The van der Waals surface area contributed by atoms with Crippen molar-refractivity contribution in [3.05, 3.63) is 18.0 Å². The topological polar surface area (TPSA) is 114 Å². The molecule has 2 rings (SSSR count). The van der Waals surface area contributed by atoms with Gasteiger partial charge in [-0.1, -0.05) is 13.8 Å². The van der Waals surface area contributed by atoms with Crippen LogP contribution >= 0.6 is 0 Å². The van der Waals surface area contributed by atoms with Crippen molar-refractivity contribution in [1.29, 1.82) is 0 Å². The van der Waals surface area contributed by atoms with Gasteiger partial charge in [-0.2, -0.15) is 9.82 Å². The van der Waals surface area contributed by atoms with Gasteiger partial charge in [0.15, 0.2) is 5.65 Å². The fourth-order valence-corrected chi connectivity index (χ4v) is 3.45. The Balaban J connectivity index is 2.45. The average Bonchev–Trinajstić information content (AvgIpc) is 2.70. The highest BCUT2D eigenvalue weighted by Gasteiger charge is 2.28. The minimum Gasteiger partial charge on any atom is -0.480 e. The summed E-state index contributed by atoms with van der Waals surface area (Å²) in [4.78, 5) is 15.2. The Hall–Kier alpha value is -2.00. The van der Waals surface area contributed by atoms with Crippen LogP contribution in [-0.2, 0) is 21.9 Å². The molecule has 0 aliphatic carbocycles. The first kappa shape index (κ1) is 16.4. The fraction of sp³-hybridized carbons (Fsp3) is 0.462. The van der Waals surface area contributed by atoms with E-state index in [4.69, 9.17) is 5.11 Å². The van der Waals surface area contributed by atoms with Crippen molar-refractivity contribution in [1.82, 2.24) is 19.5 Å². The quantitative estimate of drug-likeness (QED) is 0.834. The molecular formula is C13H18N4O4S. The number of carboxylic acid groups (broad SMARTS) is 1. The van der Waals surface area contributed by atoms with Crippen molar-refractivity contribution in [3.8, 4) is 0 Å². The molecule has 9 heteroatoms. The molecule has 1 atom stereocenters. The van der Waals surface area contributed by atoms with Gasteiger partial charge in [0, 0.05) is 18.6 Å². The largest absolute Gasteiger partial charge is 0.480 e. The zero-order valence-corrected chi connectivity index (χ0v) is 13.5. The fourth-order valence-electron chi connectivity index (χ4n) is 2.14. The van der Waals surface area contributed by atoms with E-state index < -0.39 is 22.0 Å². The lowest BCUT2D eigenvalue weighted by Gasteiger charge is -2.17. The summed E-state index contributed by atoms with van der Waals surface area (Å²) in [5.74, 6) is -1.60. The molecule has 0 amide bonds. The summed E-state index contributed by atoms with van der Waals surface area (Å²) in [7, 11) is -2.26. The van der Waals surface area contributed by atoms with Crippen LogP contribution in [0.25, 0.3) is 11.0 Å². The molecule has 120 valence electrons. The molecule has 0 unspecified atom stereocenters. The molecule has 0 bridgehead atoms. The minimum atomic E-state index is -3.98. The Morgan fingerprint density at radius 2 is 2.05 bits per heavy atom. The monoisotopic (exact) mass is 326 g/mol. The lowest BCUT2D eigenvalue weighted by molar-refractivity contribution is -0.140. The molecule has 0 aliphatic heterocycles. The van der Waals surface area contributed by atoms with Crippen LogP contribution < -0.4 is 4.72 Å². The van der Waals surface area contributed by atoms with Gasteiger partial charge in [-0.3, -0.25) is 9.48 Å². The second-order valence-corrected chi connectivity index (χ2v) is 7.15. The Morgan fingerprint density at radius 3 is 2.59 bits per heavy atom. The molecule has 2 heterocycles. The molecule has 2 N–H and O–H groups in total. The van der Waals surface area contributed by atoms with E-state index in [1.54, 1.807) is 32.5 Å². The van der Waals surface area contributed by atoms with E-state index in [1.807, 2.05) is 0 Å². The number of aliphatic carboxylic acids is 1. The second kappa shape index (κ2) is 5.65. The maximum absolute atomic E-state index is 12.4. The molecule has 0 saturated carbocycles. The van der Waals surface area contributed by atoms with Crippen molar-refractivity contribution in [2.75, 3.05) is 0 Å². The van der Waals surface area contributed by atoms with E-state index in [-0.39, 0.29) is 10.8 Å². The van der Waals surface area contributed by atoms with Crippen LogP contribution in [0, 0.1) is 12.8 Å². The van der Waals surface area contributed by atoms with E-state index in [1.165, 1.54) is 12.3 Å². The van der Waals surface area contributed by atoms with Crippen molar-refractivity contribution in [3.63, 3.8) is 0 Å². The number of carboxylic acids is 1. The molecule has 2 aromatic rings.